The van der Waals surface area contributed by atoms with Crippen LogP contribution in [-0.4, -0.2) is 44.3 Å². The Bertz CT molecular complexity index is 431. The van der Waals surface area contributed by atoms with Crippen molar-refractivity contribution in [3.63, 3.8) is 0 Å². The van der Waals surface area contributed by atoms with Gasteiger partial charge in [-0.1, -0.05) is 0 Å². The van der Waals surface area contributed by atoms with Crippen molar-refractivity contribution < 1.29 is 15.5 Å². The number of hydrogen-bond donors (Lipinski definition) is 3. The van der Waals surface area contributed by atoms with Gasteiger partial charge in [0.2, 0.25) is 0 Å². The molecule has 1 aliphatic carbocycles. The number of hydrogen-bond acceptors (Lipinski definition) is 0. The summed E-state index contributed by atoms with van der Waals surface area (Å²) in [4.78, 5) is 2.05. The van der Waals surface area contributed by atoms with E-state index in [4.69, 9.17) is 0 Å². The lowest BCUT2D eigenvalue weighted by Crippen LogP contribution is -3.22. The van der Waals surface area contributed by atoms with Gasteiger partial charge in [0, 0.05) is 18.3 Å². The maximum Gasteiger partial charge on any atom is 0.123 e. The number of rotatable bonds is 1. The predicted octanol–water partition coefficient (Wildman–Crippen LogP) is -0.708. The van der Waals surface area contributed by atoms with Gasteiger partial charge in [-0.2, -0.15) is 0 Å². The van der Waals surface area contributed by atoms with E-state index in [0.717, 1.165) is 30.0 Å². The molecule has 2 bridgehead atoms. The third-order valence-corrected chi connectivity index (χ3v) is 8.69. The molecular formula is C20H38N3+3. The Morgan fingerprint density at radius 3 is 2.65 bits per heavy atom. The van der Waals surface area contributed by atoms with Gasteiger partial charge < -0.3 is 15.5 Å². The summed E-state index contributed by atoms with van der Waals surface area (Å²) in [5.41, 5.74) is 0.678. The number of nitrogens with two attached hydrogens (primary N) is 2. The van der Waals surface area contributed by atoms with Crippen LogP contribution in [0.5, 0.6) is 0 Å². The highest BCUT2D eigenvalue weighted by atomic mass is 15.2. The minimum atomic E-state index is 0.678. The zero-order valence-corrected chi connectivity index (χ0v) is 14.9. The summed E-state index contributed by atoms with van der Waals surface area (Å²) in [6, 6.07) is 2.97. The SMILES string of the molecule is C1CC[C@H]([C@]23C[C@H](C[C@H]4CCC[NH2+][C@H]42)[C@@H]2CCCC[NH+]2C3)[NH2+]C1. The smallest absolute Gasteiger partial charge is 0.123 e. The summed E-state index contributed by atoms with van der Waals surface area (Å²) in [6.07, 6.45) is 15.3. The molecule has 0 aromatic carbocycles. The van der Waals surface area contributed by atoms with E-state index in [9.17, 15) is 0 Å². The number of fused-ring (bicyclic) bond motifs is 6. The Kier molecular flexibility index (Phi) is 3.95. The first kappa shape index (κ1) is 15.2. The second kappa shape index (κ2) is 6.00. The summed E-state index contributed by atoms with van der Waals surface area (Å²) in [6.45, 7) is 5.85. The molecule has 1 saturated carbocycles. The first-order chi connectivity index (χ1) is 11.4. The molecule has 130 valence electrons. The average molecular weight is 321 g/mol. The van der Waals surface area contributed by atoms with Crippen molar-refractivity contribution >= 4 is 0 Å². The van der Waals surface area contributed by atoms with Gasteiger partial charge in [-0.15, -0.1) is 0 Å². The van der Waals surface area contributed by atoms with Gasteiger partial charge in [-0.05, 0) is 57.8 Å². The summed E-state index contributed by atoms with van der Waals surface area (Å²) in [7, 11) is 0. The zero-order chi connectivity index (χ0) is 15.3. The minimum Gasteiger partial charge on any atom is -0.343 e. The van der Waals surface area contributed by atoms with E-state index in [1.807, 2.05) is 4.90 Å². The van der Waals surface area contributed by atoms with Gasteiger partial charge in [0.1, 0.15) is 17.5 Å². The van der Waals surface area contributed by atoms with E-state index in [0.29, 0.717) is 5.41 Å². The van der Waals surface area contributed by atoms with E-state index in [1.165, 1.54) is 64.7 Å². The van der Waals surface area contributed by atoms with Crippen molar-refractivity contribution in [2.45, 2.75) is 82.3 Å². The third-order valence-electron chi connectivity index (χ3n) is 8.69. The van der Waals surface area contributed by atoms with Gasteiger partial charge in [0.15, 0.2) is 0 Å². The van der Waals surface area contributed by atoms with Gasteiger partial charge in [-0.3, -0.25) is 0 Å². The van der Waals surface area contributed by atoms with Crippen LogP contribution < -0.4 is 15.5 Å². The van der Waals surface area contributed by atoms with Crippen LogP contribution in [0.4, 0.5) is 0 Å². The second-order valence-electron chi connectivity index (χ2n) is 9.70. The molecule has 4 aliphatic heterocycles. The van der Waals surface area contributed by atoms with E-state index in [1.54, 1.807) is 25.7 Å². The molecule has 23 heavy (non-hydrogen) atoms. The van der Waals surface area contributed by atoms with Crippen molar-refractivity contribution in [1.82, 2.24) is 0 Å². The maximum absolute atomic E-state index is 2.83. The average Bonchev–Trinajstić information content (AvgIpc) is 2.63. The lowest BCUT2D eigenvalue weighted by atomic mass is 9.52. The van der Waals surface area contributed by atoms with Crippen molar-refractivity contribution in [2.75, 3.05) is 26.2 Å². The maximum atomic E-state index is 2.83. The van der Waals surface area contributed by atoms with Gasteiger partial charge in [0.25, 0.3) is 0 Å². The summed E-state index contributed by atoms with van der Waals surface area (Å²) in [5, 5.41) is 5.63. The Morgan fingerprint density at radius 2 is 1.74 bits per heavy atom. The van der Waals surface area contributed by atoms with Crippen molar-refractivity contribution in [1.29, 1.82) is 0 Å². The van der Waals surface area contributed by atoms with E-state index in [-0.39, 0.29) is 0 Å². The topological polar surface area (TPSA) is 37.7 Å². The summed E-state index contributed by atoms with van der Waals surface area (Å²) >= 11 is 0. The van der Waals surface area contributed by atoms with Crippen LogP contribution in [0.15, 0.2) is 0 Å². The lowest BCUT2D eigenvalue weighted by molar-refractivity contribution is -0.958. The molecule has 0 amide bonds. The number of quaternary nitrogens is 3. The fourth-order valence-electron chi connectivity index (χ4n) is 7.93. The van der Waals surface area contributed by atoms with Crippen molar-refractivity contribution in [2.24, 2.45) is 17.3 Å². The van der Waals surface area contributed by atoms with E-state index in [2.05, 4.69) is 10.6 Å². The van der Waals surface area contributed by atoms with Gasteiger partial charge in [0.05, 0.1) is 32.2 Å². The molecule has 5 rings (SSSR count). The molecule has 7 atom stereocenters. The molecule has 0 aromatic heterocycles. The molecule has 4 saturated heterocycles. The molecule has 5 fully saturated rings. The quantitative estimate of drug-likeness (QED) is 0.571. The first-order valence-electron chi connectivity index (χ1n) is 10.9. The fraction of sp³-hybridized carbons (Fsp3) is 1.00. The normalized spacial score (nSPS) is 53.2. The fourth-order valence-corrected chi connectivity index (χ4v) is 7.93. The molecule has 3 heteroatoms. The number of piperidine rings is 4. The van der Waals surface area contributed by atoms with Crippen LogP contribution in [0.25, 0.3) is 0 Å². The monoisotopic (exact) mass is 320 g/mol. The van der Waals surface area contributed by atoms with Crippen LogP contribution in [-0.2, 0) is 0 Å². The molecule has 0 aromatic rings. The highest BCUT2D eigenvalue weighted by Crippen LogP contribution is 2.49. The molecule has 3 nitrogen and oxygen atoms in total. The molecular weight excluding hydrogens is 282 g/mol. The Balaban J connectivity index is 1.50. The molecule has 5 N–H and O–H groups in total. The highest BCUT2D eigenvalue weighted by molar-refractivity contribution is 5.04. The number of nitrogens with one attached hydrogen (secondary N) is 1. The lowest BCUT2D eigenvalue weighted by Gasteiger charge is -2.59. The largest absolute Gasteiger partial charge is 0.343 e. The second-order valence-corrected chi connectivity index (χ2v) is 9.70. The van der Waals surface area contributed by atoms with Gasteiger partial charge in [-0.25, -0.2) is 0 Å². The standard InChI is InChI=1S/C20H35N3/c1-3-9-21-18(8-1)20-13-16(12-15-6-5-10-22-19(15)20)17-7-2-4-11-23(17)14-20/h15-19,21-22H,1-14H2/p+3/t15-,16+,17+,18-,19-,20-/m1/s1. The van der Waals surface area contributed by atoms with E-state index < -0.39 is 0 Å². The van der Waals surface area contributed by atoms with Crippen LogP contribution in [0.1, 0.15) is 64.2 Å². The molecule has 1 unspecified atom stereocenters. The van der Waals surface area contributed by atoms with E-state index >= 15 is 0 Å². The van der Waals surface area contributed by atoms with Crippen molar-refractivity contribution in [3.05, 3.63) is 0 Å². The highest BCUT2D eigenvalue weighted by Gasteiger charge is 2.64. The van der Waals surface area contributed by atoms with Crippen LogP contribution in [0.2, 0.25) is 0 Å². The Labute approximate surface area is 142 Å². The molecule has 4 heterocycles. The Hall–Kier alpha value is -0.120. The molecule has 5 aliphatic rings. The van der Waals surface area contributed by atoms with Crippen LogP contribution in [0, 0.1) is 17.3 Å². The summed E-state index contributed by atoms with van der Waals surface area (Å²) in [5.74, 6) is 2.13. The molecule has 0 spiro atoms. The van der Waals surface area contributed by atoms with Crippen LogP contribution >= 0.6 is 0 Å². The van der Waals surface area contributed by atoms with Gasteiger partial charge >= 0.3 is 0 Å². The predicted molar refractivity (Wildman–Crippen MR) is 91.2 cm³/mol. The van der Waals surface area contributed by atoms with Crippen molar-refractivity contribution in [3.8, 4) is 0 Å². The zero-order valence-electron chi connectivity index (χ0n) is 14.9. The summed E-state index contributed by atoms with van der Waals surface area (Å²) < 4.78 is 0. The Morgan fingerprint density at radius 1 is 0.826 bits per heavy atom. The first-order valence-corrected chi connectivity index (χ1v) is 10.9. The van der Waals surface area contributed by atoms with Crippen LogP contribution in [0.3, 0.4) is 0 Å². The third kappa shape index (κ3) is 2.41. The molecule has 0 radical (unpaired) electrons. The minimum absolute atomic E-state index is 0.678.